The summed E-state index contributed by atoms with van der Waals surface area (Å²) < 4.78 is 34.2. The van der Waals surface area contributed by atoms with Crippen LogP contribution in [0, 0.1) is 11.8 Å². The van der Waals surface area contributed by atoms with E-state index in [1.54, 1.807) is 24.4 Å². The van der Waals surface area contributed by atoms with E-state index in [0.717, 1.165) is 31.2 Å². The van der Waals surface area contributed by atoms with Gasteiger partial charge in [-0.15, -0.1) is 0 Å². The van der Waals surface area contributed by atoms with Crippen molar-refractivity contribution in [2.75, 3.05) is 13.1 Å². The predicted octanol–water partition coefficient (Wildman–Crippen LogP) is 4.88. The number of nitrogens with zero attached hydrogens (tertiary/aromatic N) is 2. The number of aliphatic hydroxyl groups is 1. The van der Waals surface area contributed by atoms with Crippen molar-refractivity contribution in [2.24, 2.45) is 11.8 Å². The second kappa shape index (κ2) is 13.3. The van der Waals surface area contributed by atoms with Gasteiger partial charge >= 0.3 is 5.97 Å². The van der Waals surface area contributed by atoms with Crippen LogP contribution in [0.2, 0.25) is 5.02 Å². The Morgan fingerprint density at radius 1 is 1.03 bits per heavy atom. The molecule has 1 heterocycles. The maximum atomic E-state index is 13.7. The number of ether oxygens (including phenoxy) is 1. The number of aliphatic hydroxyl groups excluding tert-OH is 1. The molecule has 7 nitrogen and oxygen atoms in total. The Bertz CT molecular complexity index is 1270. The molecule has 1 aliphatic carbocycles. The Hall–Kier alpha value is -2.78. The molecule has 0 bridgehead atoms. The van der Waals surface area contributed by atoms with Gasteiger partial charge in [-0.05, 0) is 67.1 Å². The smallest absolute Gasteiger partial charge is 0.312 e. The molecule has 4 rings (SSSR count). The van der Waals surface area contributed by atoms with Gasteiger partial charge in [0.25, 0.3) is 0 Å². The third-order valence-electron chi connectivity index (χ3n) is 6.93. The van der Waals surface area contributed by atoms with E-state index in [9.17, 15) is 18.3 Å². The summed E-state index contributed by atoms with van der Waals surface area (Å²) >= 11 is 5.99. The van der Waals surface area contributed by atoms with Crippen molar-refractivity contribution < 1.29 is 23.1 Å². The molecule has 2 atom stereocenters. The molecule has 1 unspecified atom stereocenters. The van der Waals surface area contributed by atoms with Crippen molar-refractivity contribution in [3.63, 3.8) is 0 Å². The summed E-state index contributed by atoms with van der Waals surface area (Å²) in [6.45, 7) is 0.0211. The van der Waals surface area contributed by atoms with Crippen LogP contribution in [0.4, 0.5) is 0 Å². The number of hydrogen-bond donors (Lipinski definition) is 1. The van der Waals surface area contributed by atoms with Gasteiger partial charge in [-0.2, -0.15) is 4.31 Å². The summed E-state index contributed by atoms with van der Waals surface area (Å²) in [4.78, 5) is 17.5. The van der Waals surface area contributed by atoms with E-state index in [2.05, 4.69) is 4.98 Å². The molecule has 3 aromatic rings. The molecule has 2 aromatic carbocycles. The molecule has 1 N–H and O–H groups in total. The SMILES string of the molecule is O=C(OCc1ccccn1)C(Cc1ccccc1)[C@H](O)CN(CC1CCCC1)S(=O)(=O)c1ccc(Cl)cc1. The lowest BCUT2D eigenvalue weighted by atomic mass is 9.93. The van der Waals surface area contributed by atoms with E-state index >= 15 is 0 Å². The van der Waals surface area contributed by atoms with Crippen LogP contribution < -0.4 is 0 Å². The molecule has 202 valence electrons. The van der Waals surface area contributed by atoms with Crippen molar-refractivity contribution in [3.05, 3.63) is 95.3 Å². The lowest BCUT2D eigenvalue weighted by molar-refractivity contribution is -0.154. The molecule has 1 fully saturated rings. The zero-order valence-electron chi connectivity index (χ0n) is 21.2. The van der Waals surface area contributed by atoms with Gasteiger partial charge in [-0.1, -0.05) is 60.8 Å². The minimum Gasteiger partial charge on any atom is -0.459 e. The molecule has 1 aliphatic rings. The van der Waals surface area contributed by atoms with Gasteiger partial charge in [-0.3, -0.25) is 9.78 Å². The van der Waals surface area contributed by atoms with Crippen LogP contribution in [-0.2, 0) is 32.6 Å². The zero-order chi connectivity index (χ0) is 27.0. The fraction of sp³-hybridized carbons (Fsp3) is 0.379. The molecule has 0 spiro atoms. The topological polar surface area (TPSA) is 96.8 Å². The van der Waals surface area contributed by atoms with Crippen LogP contribution in [0.25, 0.3) is 0 Å². The van der Waals surface area contributed by atoms with E-state index in [1.807, 2.05) is 30.3 Å². The molecule has 9 heteroatoms. The maximum Gasteiger partial charge on any atom is 0.312 e. The van der Waals surface area contributed by atoms with Crippen LogP contribution in [0.5, 0.6) is 0 Å². The predicted molar refractivity (Wildman–Crippen MR) is 146 cm³/mol. The minimum atomic E-state index is -3.94. The Kier molecular flexibility index (Phi) is 9.91. The highest BCUT2D eigenvalue weighted by atomic mass is 35.5. The number of pyridine rings is 1. The molecule has 1 saturated carbocycles. The second-order valence-corrected chi connectivity index (χ2v) is 12.1. The Morgan fingerprint density at radius 3 is 2.37 bits per heavy atom. The number of carbonyl (C=O) groups is 1. The van der Waals surface area contributed by atoms with Gasteiger partial charge in [0.15, 0.2) is 0 Å². The van der Waals surface area contributed by atoms with Crippen LogP contribution in [0.15, 0.2) is 83.9 Å². The molecular formula is C29H33ClN2O5S. The number of halogens is 1. The summed E-state index contributed by atoms with van der Waals surface area (Å²) in [5.41, 5.74) is 1.43. The van der Waals surface area contributed by atoms with Gasteiger partial charge in [-0.25, -0.2) is 8.42 Å². The van der Waals surface area contributed by atoms with Crippen LogP contribution in [0.3, 0.4) is 0 Å². The van der Waals surface area contributed by atoms with Crippen molar-refractivity contribution in [1.82, 2.24) is 9.29 Å². The van der Waals surface area contributed by atoms with E-state index in [-0.39, 0.29) is 36.9 Å². The molecular weight excluding hydrogens is 524 g/mol. The third kappa shape index (κ3) is 7.63. The first kappa shape index (κ1) is 28.2. The number of rotatable bonds is 12. The van der Waals surface area contributed by atoms with E-state index in [4.69, 9.17) is 16.3 Å². The van der Waals surface area contributed by atoms with Gasteiger partial charge in [0.1, 0.15) is 6.61 Å². The summed E-state index contributed by atoms with van der Waals surface area (Å²) in [6.07, 6.45) is 4.51. The van der Waals surface area contributed by atoms with E-state index in [0.29, 0.717) is 10.7 Å². The molecule has 0 radical (unpaired) electrons. The van der Waals surface area contributed by atoms with Crippen molar-refractivity contribution in [1.29, 1.82) is 0 Å². The van der Waals surface area contributed by atoms with Crippen LogP contribution in [0.1, 0.15) is 36.9 Å². The lowest BCUT2D eigenvalue weighted by Crippen LogP contribution is -2.45. The largest absolute Gasteiger partial charge is 0.459 e. The highest BCUT2D eigenvalue weighted by molar-refractivity contribution is 7.89. The lowest BCUT2D eigenvalue weighted by Gasteiger charge is -2.30. The normalized spacial score (nSPS) is 15.9. The van der Waals surface area contributed by atoms with Gasteiger partial charge in [0.2, 0.25) is 10.0 Å². The summed E-state index contributed by atoms with van der Waals surface area (Å²) in [6, 6.07) is 20.6. The second-order valence-electron chi connectivity index (χ2n) is 9.72. The summed E-state index contributed by atoms with van der Waals surface area (Å²) in [5.74, 6) is -1.36. The van der Waals surface area contributed by atoms with Gasteiger partial charge < -0.3 is 9.84 Å². The zero-order valence-corrected chi connectivity index (χ0v) is 22.7. The van der Waals surface area contributed by atoms with Crippen LogP contribution in [-0.4, -0.2) is 48.0 Å². The highest BCUT2D eigenvalue weighted by Crippen LogP contribution is 2.29. The van der Waals surface area contributed by atoms with E-state index in [1.165, 1.54) is 28.6 Å². The van der Waals surface area contributed by atoms with Crippen molar-refractivity contribution in [3.8, 4) is 0 Å². The number of hydrogen-bond acceptors (Lipinski definition) is 6. The van der Waals surface area contributed by atoms with E-state index < -0.39 is 28.0 Å². The number of benzene rings is 2. The summed E-state index contributed by atoms with van der Waals surface area (Å²) in [7, 11) is -3.94. The maximum absolute atomic E-state index is 13.7. The fourth-order valence-corrected chi connectivity index (χ4v) is 6.48. The fourth-order valence-electron chi connectivity index (χ4n) is 4.82. The molecule has 38 heavy (non-hydrogen) atoms. The molecule has 0 saturated heterocycles. The first-order valence-electron chi connectivity index (χ1n) is 12.9. The van der Waals surface area contributed by atoms with Gasteiger partial charge in [0, 0.05) is 24.3 Å². The number of carbonyl (C=O) groups excluding carboxylic acids is 1. The van der Waals surface area contributed by atoms with Gasteiger partial charge in [0.05, 0.1) is 22.6 Å². The van der Waals surface area contributed by atoms with Crippen molar-refractivity contribution in [2.45, 2.75) is 49.7 Å². The molecule has 0 aliphatic heterocycles. The quantitative estimate of drug-likeness (QED) is 0.319. The van der Waals surface area contributed by atoms with Crippen molar-refractivity contribution >= 4 is 27.6 Å². The first-order chi connectivity index (χ1) is 18.3. The summed E-state index contributed by atoms with van der Waals surface area (Å²) in [5, 5.41) is 11.8. The number of aromatic nitrogens is 1. The number of esters is 1. The number of sulfonamides is 1. The first-order valence-corrected chi connectivity index (χ1v) is 14.7. The van der Waals surface area contributed by atoms with Crippen LogP contribution >= 0.6 is 11.6 Å². The standard InChI is InChI=1S/C29H33ClN2O5S/c30-24-13-15-26(16-14-24)38(35,36)32(19-23-10-4-5-11-23)20-28(33)27(18-22-8-2-1-3-9-22)29(34)37-21-25-12-6-7-17-31-25/h1-3,6-9,12-17,23,27-28,33H,4-5,10-11,18-21H2/t27?,28-/m1/s1. The minimum absolute atomic E-state index is 0.0352. The average Bonchev–Trinajstić information content (AvgIpc) is 3.44. The molecule has 0 amide bonds. The monoisotopic (exact) mass is 556 g/mol. The highest BCUT2D eigenvalue weighted by Gasteiger charge is 2.35. The Labute approximate surface area is 229 Å². The Balaban J connectivity index is 1.57. The molecule has 1 aromatic heterocycles. The Morgan fingerprint density at radius 2 is 1.71 bits per heavy atom. The average molecular weight is 557 g/mol. The third-order valence-corrected chi connectivity index (χ3v) is 9.03.